The van der Waals surface area contributed by atoms with Crippen molar-refractivity contribution < 1.29 is 9.59 Å². The lowest BCUT2D eigenvalue weighted by Gasteiger charge is -2.25. The lowest BCUT2D eigenvalue weighted by atomic mass is 9.90. The number of rotatable bonds is 9. The van der Waals surface area contributed by atoms with Gasteiger partial charge in [0.25, 0.3) is 0 Å². The highest BCUT2D eigenvalue weighted by molar-refractivity contribution is 5.98. The molecule has 4 heteroatoms. The van der Waals surface area contributed by atoms with Gasteiger partial charge in [-0.1, -0.05) is 61.5 Å². The summed E-state index contributed by atoms with van der Waals surface area (Å²) in [4.78, 5) is 32.1. The van der Waals surface area contributed by atoms with E-state index >= 15 is 0 Å². The van der Waals surface area contributed by atoms with Crippen molar-refractivity contribution in [2.75, 3.05) is 11.9 Å². The normalized spacial score (nSPS) is 12.0. The van der Waals surface area contributed by atoms with Gasteiger partial charge >= 0.3 is 0 Å². The van der Waals surface area contributed by atoms with Gasteiger partial charge in [-0.25, -0.2) is 0 Å². The Morgan fingerprint density at radius 2 is 1.66 bits per heavy atom. The maximum atomic E-state index is 13.7. The Morgan fingerprint density at radius 3 is 2.40 bits per heavy atom. The number of aromatic amines is 1. The van der Waals surface area contributed by atoms with E-state index in [1.807, 2.05) is 74.6 Å². The van der Waals surface area contributed by atoms with Crippen molar-refractivity contribution in [2.45, 2.75) is 46.5 Å². The molecule has 0 unspecified atom stereocenters. The molecule has 3 aromatic carbocycles. The molecule has 0 aliphatic heterocycles. The van der Waals surface area contributed by atoms with Crippen LogP contribution in [0.2, 0.25) is 0 Å². The van der Waals surface area contributed by atoms with E-state index in [0.717, 1.165) is 39.8 Å². The molecule has 1 amide bonds. The van der Waals surface area contributed by atoms with Crippen molar-refractivity contribution in [3.05, 3.63) is 101 Å². The number of hydrogen-bond donors (Lipinski definition) is 1. The highest BCUT2D eigenvalue weighted by Crippen LogP contribution is 2.26. The topological polar surface area (TPSA) is 53.2 Å². The van der Waals surface area contributed by atoms with Gasteiger partial charge in [0.15, 0.2) is 0 Å². The molecule has 35 heavy (non-hydrogen) atoms. The third-order valence-corrected chi connectivity index (χ3v) is 6.98. The number of ketones is 1. The van der Waals surface area contributed by atoms with Crippen LogP contribution in [0.4, 0.5) is 5.69 Å². The predicted molar refractivity (Wildman–Crippen MR) is 144 cm³/mol. The van der Waals surface area contributed by atoms with E-state index in [4.69, 9.17) is 0 Å². The second-order valence-electron chi connectivity index (χ2n) is 9.44. The zero-order chi connectivity index (χ0) is 24.9. The Balaban J connectivity index is 1.58. The number of fused-ring (bicyclic) bond motifs is 1. The number of carbonyl (C=O) groups excluding carboxylic acids is 2. The van der Waals surface area contributed by atoms with E-state index in [1.165, 1.54) is 11.1 Å². The van der Waals surface area contributed by atoms with Crippen molar-refractivity contribution >= 4 is 28.3 Å². The zero-order valence-electron chi connectivity index (χ0n) is 21.1. The molecule has 4 aromatic rings. The first kappa shape index (κ1) is 24.5. The molecule has 1 atom stereocenters. The lowest BCUT2D eigenvalue weighted by Crippen LogP contribution is -2.35. The number of carbonyl (C=O) groups is 2. The number of benzene rings is 3. The summed E-state index contributed by atoms with van der Waals surface area (Å²) in [7, 11) is 1.82. The fourth-order valence-corrected chi connectivity index (χ4v) is 4.90. The molecule has 180 valence electrons. The van der Waals surface area contributed by atoms with Crippen LogP contribution >= 0.6 is 0 Å². The first-order valence-electron chi connectivity index (χ1n) is 12.4. The van der Waals surface area contributed by atoms with Gasteiger partial charge in [-0.15, -0.1) is 0 Å². The molecule has 1 heterocycles. The summed E-state index contributed by atoms with van der Waals surface area (Å²) in [6.07, 6.45) is 1.98. The van der Waals surface area contributed by atoms with Crippen LogP contribution in [0.1, 0.15) is 41.3 Å². The van der Waals surface area contributed by atoms with Crippen LogP contribution in [0.5, 0.6) is 0 Å². The van der Waals surface area contributed by atoms with Crippen LogP contribution in [0.25, 0.3) is 10.9 Å². The van der Waals surface area contributed by atoms with Crippen LogP contribution in [-0.4, -0.2) is 23.7 Å². The second-order valence-corrected chi connectivity index (χ2v) is 9.44. The number of nitrogens with one attached hydrogen (secondary N) is 1. The van der Waals surface area contributed by atoms with Gasteiger partial charge < -0.3 is 9.88 Å². The number of para-hydroxylation sites is 1. The molecule has 1 N–H and O–H groups in total. The average Bonchev–Trinajstić information content (AvgIpc) is 3.18. The molecule has 0 saturated heterocycles. The van der Waals surface area contributed by atoms with Crippen molar-refractivity contribution in [3.8, 4) is 0 Å². The Morgan fingerprint density at radius 1 is 0.943 bits per heavy atom. The van der Waals surface area contributed by atoms with E-state index in [2.05, 4.69) is 31.0 Å². The van der Waals surface area contributed by atoms with Crippen molar-refractivity contribution in [3.63, 3.8) is 0 Å². The molecule has 0 aliphatic carbocycles. The van der Waals surface area contributed by atoms with Crippen molar-refractivity contribution in [1.82, 2.24) is 4.98 Å². The van der Waals surface area contributed by atoms with Crippen LogP contribution in [-0.2, 0) is 28.9 Å². The highest BCUT2D eigenvalue weighted by atomic mass is 16.2. The van der Waals surface area contributed by atoms with E-state index in [1.54, 1.807) is 4.90 Å². The average molecular weight is 467 g/mol. The summed E-state index contributed by atoms with van der Waals surface area (Å²) in [5.41, 5.74) is 7.46. The second kappa shape index (κ2) is 10.7. The van der Waals surface area contributed by atoms with Crippen LogP contribution in [0.3, 0.4) is 0 Å². The Hall–Kier alpha value is -3.66. The quantitative estimate of drug-likeness (QED) is 0.312. The summed E-state index contributed by atoms with van der Waals surface area (Å²) in [5, 5.41) is 1.08. The minimum Gasteiger partial charge on any atom is -0.358 e. The van der Waals surface area contributed by atoms with E-state index < -0.39 is 5.92 Å². The fraction of sp³-hybridized carbons (Fsp3) is 0.290. The first-order valence-corrected chi connectivity index (χ1v) is 12.4. The first-order chi connectivity index (χ1) is 16.9. The number of anilines is 1. The van der Waals surface area contributed by atoms with E-state index in [9.17, 15) is 9.59 Å². The summed E-state index contributed by atoms with van der Waals surface area (Å²) < 4.78 is 0. The molecule has 0 saturated carbocycles. The van der Waals surface area contributed by atoms with Gasteiger partial charge in [-0.2, -0.15) is 0 Å². The van der Waals surface area contributed by atoms with E-state index in [0.29, 0.717) is 12.8 Å². The molecule has 0 bridgehead atoms. The lowest BCUT2D eigenvalue weighted by molar-refractivity contribution is -0.127. The molecular formula is C31H34N2O2. The Labute approximate surface area is 208 Å². The summed E-state index contributed by atoms with van der Waals surface area (Å²) in [6, 6.07) is 24.2. The van der Waals surface area contributed by atoms with Gasteiger partial charge in [0, 0.05) is 48.1 Å². The van der Waals surface area contributed by atoms with Gasteiger partial charge in [-0.3, -0.25) is 9.59 Å². The molecule has 4 nitrogen and oxygen atoms in total. The maximum Gasteiger partial charge on any atom is 0.230 e. The summed E-state index contributed by atoms with van der Waals surface area (Å²) in [5.74, 6) is -0.366. The monoisotopic (exact) mass is 466 g/mol. The number of nitrogens with zero attached hydrogens (tertiary/aromatic N) is 1. The zero-order valence-corrected chi connectivity index (χ0v) is 21.1. The van der Waals surface area contributed by atoms with Crippen molar-refractivity contribution in [1.29, 1.82) is 0 Å². The third kappa shape index (κ3) is 5.54. The molecule has 0 aliphatic rings. The minimum absolute atomic E-state index is 0.0243. The fourth-order valence-electron chi connectivity index (χ4n) is 4.90. The molecule has 0 fully saturated rings. The number of hydrogen-bond acceptors (Lipinski definition) is 2. The Kier molecular flexibility index (Phi) is 7.50. The highest BCUT2D eigenvalue weighted by Gasteiger charge is 2.27. The summed E-state index contributed by atoms with van der Waals surface area (Å²) >= 11 is 0. The number of amides is 1. The molecule has 0 radical (unpaired) electrons. The van der Waals surface area contributed by atoms with Gasteiger partial charge in [-0.05, 0) is 67.1 Å². The Bertz CT molecular complexity index is 1340. The van der Waals surface area contributed by atoms with E-state index in [-0.39, 0.29) is 18.1 Å². The van der Waals surface area contributed by atoms with Gasteiger partial charge in [0.2, 0.25) is 5.91 Å². The molecule has 0 spiro atoms. The van der Waals surface area contributed by atoms with Crippen LogP contribution < -0.4 is 4.90 Å². The SMILES string of the molecule is CCc1cc(N(C)C(=O)[C@@H](CC(=O)Cc2c(C)[nH]c3ccccc23)Cc2ccccc2)ccc1C. The van der Waals surface area contributed by atoms with Crippen molar-refractivity contribution in [2.24, 2.45) is 5.92 Å². The molecule has 4 rings (SSSR count). The number of Topliss-reactive ketones (excluding diaryl/α,β-unsaturated/α-hetero) is 1. The minimum atomic E-state index is -0.424. The van der Waals surface area contributed by atoms with Gasteiger partial charge in [0.1, 0.15) is 5.78 Å². The molecule has 1 aromatic heterocycles. The smallest absolute Gasteiger partial charge is 0.230 e. The van der Waals surface area contributed by atoms with Gasteiger partial charge in [0.05, 0.1) is 0 Å². The predicted octanol–water partition coefficient (Wildman–Crippen LogP) is 6.37. The largest absolute Gasteiger partial charge is 0.358 e. The number of H-pyrrole nitrogens is 1. The van der Waals surface area contributed by atoms with Crippen LogP contribution in [0, 0.1) is 19.8 Å². The summed E-state index contributed by atoms with van der Waals surface area (Å²) in [6.45, 7) is 6.22. The number of aryl methyl sites for hydroxylation is 3. The standard InChI is InChI=1S/C31H34N2O2/c1-5-24-18-26(16-15-21(24)2)33(4)31(35)25(17-23-11-7-6-8-12-23)19-27(34)20-29-22(3)32-30-14-10-9-13-28(29)30/h6-16,18,25,32H,5,17,19-20H2,1-4H3/t25-/m1/s1. The maximum absolute atomic E-state index is 13.7. The molecular weight excluding hydrogens is 432 g/mol. The number of aromatic nitrogens is 1. The third-order valence-electron chi connectivity index (χ3n) is 6.98. The van der Waals surface area contributed by atoms with Crippen LogP contribution in [0.15, 0.2) is 72.8 Å².